The van der Waals surface area contributed by atoms with Crippen LogP contribution < -0.4 is 0 Å². The zero-order valence-corrected chi connectivity index (χ0v) is 8.36. The van der Waals surface area contributed by atoms with Gasteiger partial charge in [-0.25, -0.2) is 14.6 Å². The topological polar surface area (TPSA) is 58.9 Å². The molecule has 4 nitrogen and oxygen atoms in total. The van der Waals surface area contributed by atoms with E-state index in [0.717, 1.165) is 17.5 Å². The van der Waals surface area contributed by atoms with Crippen molar-refractivity contribution in [1.29, 1.82) is 0 Å². The number of rotatable bonds is 4. The Balaban J connectivity index is 3.08. The second-order valence-corrected chi connectivity index (χ2v) is 2.93. The standard InChI is InChI=1S/C11H10N2O2/c1-2-10-4-3-9(6-12-7-14)5-11(10)13-8-15/h3-5H,2,6H2,1H3. The summed E-state index contributed by atoms with van der Waals surface area (Å²) in [6.45, 7) is 2.23. The van der Waals surface area contributed by atoms with E-state index < -0.39 is 0 Å². The van der Waals surface area contributed by atoms with Crippen LogP contribution in [-0.2, 0) is 22.6 Å². The first-order chi connectivity index (χ1) is 7.31. The molecule has 0 spiro atoms. The number of benzene rings is 1. The maximum Gasteiger partial charge on any atom is 0.240 e. The maximum absolute atomic E-state index is 10.2. The fourth-order valence-electron chi connectivity index (χ4n) is 1.28. The van der Waals surface area contributed by atoms with Gasteiger partial charge in [0.1, 0.15) is 0 Å². The fraction of sp³-hybridized carbons (Fsp3) is 0.273. The zero-order chi connectivity index (χ0) is 11.1. The first-order valence-corrected chi connectivity index (χ1v) is 4.55. The Hall–Kier alpha value is -2.02. The van der Waals surface area contributed by atoms with E-state index in [4.69, 9.17) is 0 Å². The largest absolute Gasteiger partial charge is 0.240 e. The molecule has 0 heterocycles. The van der Waals surface area contributed by atoms with Crippen LogP contribution in [0.2, 0.25) is 0 Å². The molecule has 1 rings (SSSR count). The summed E-state index contributed by atoms with van der Waals surface area (Å²) in [6.07, 6.45) is 3.76. The monoisotopic (exact) mass is 202 g/mol. The fourth-order valence-corrected chi connectivity index (χ4v) is 1.28. The Kier molecular flexibility index (Phi) is 4.17. The van der Waals surface area contributed by atoms with Crippen molar-refractivity contribution >= 4 is 17.8 Å². The number of hydrogen-bond donors (Lipinski definition) is 0. The molecule has 0 saturated heterocycles. The molecule has 1 aromatic rings. The lowest BCUT2D eigenvalue weighted by atomic mass is 10.1. The number of carbonyl (C=O) groups excluding carboxylic acids is 2. The molecule has 0 saturated carbocycles. The van der Waals surface area contributed by atoms with Gasteiger partial charge in [0.25, 0.3) is 0 Å². The normalized spacial score (nSPS) is 8.87. The van der Waals surface area contributed by atoms with E-state index in [0.29, 0.717) is 5.69 Å². The van der Waals surface area contributed by atoms with Gasteiger partial charge in [-0.1, -0.05) is 19.1 Å². The quantitative estimate of drug-likeness (QED) is 0.554. The Morgan fingerprint density at radius 1 is 1.27 bits per heavy atom. The summed E-state index contributed by atoms with van der Waals surface area (Å²) >= 11 is 0. The minimum absolute atomic E-state index is 0.259. The molecule has 0 aliphatic carbocycles. The van der Waals surface area contributed by atoms with Gasteiger partial charge >= 0.3 is 0 Å². The van der Waals surface area contributed by atoms with Crippen LogP contribution in [0.4, 0.5) is 5.69 Å². The minimum atomic E-state index is 0.259. The Morgan fingerprint density at radius 3 is 2.67 bits per heavy atom. The Bertz CT molecular complexity index is 442. The third-order valence-corrected chi connectivity index (χ3v) is 2.02. The molecule has 0 atom stereocenters. The highest BCUT2D eigenvalue weighted by atomic mass is 16.1. The van der Waals surface area contributed by atoms with Crippen LogP contribution in [-0.4, -0.2) is 12.2 Å². The van der Waals surface area contributed by atoms with Crippen LogP contribution in [0.3, 0.4) is 0 Å². The van der Waals surface area contributed by atoms with E-state index in [1.807, 2.05) is 19.1 Å². The van der Waals surface area contributed by atoms with Crippen molar-refractivity contribution < 1.29 is 9.59 Å². The molecule has 0 aliphatic heterocycles. The van der Waals surface area contributed by atoms with Gasteiger partial charge in [-0.05, 0) is 23.6 Å². The molecular formula is C11H10N2O2. The van der Waals surface area contributed by atoms with E-state index in [-0.39, 0.29) is 6.54 Å². The molecule has 0 radical (unpaired) electrons. The number of aryl methyl sites for hydroxylation is 1. The van der Waals surface area contributed by atoms with E-state index in [1.165, 1.54) is 12.2 Å². The van der Waals surface area contributed by atoms with Crippen molar-refractivity contribution in [3.05, 3.63) is 29.3 Å². The molecule has 4 heteroatoms. The molecule has 0 amide bonds. The van der Waals surface area contributed by atoms with Gasteiger partial charge in [0.15, 0.2) is 0 Å². The van der Waals surface area contributed by atoms with Gasteiger partial charge in [-0.15, -0.1) is 0 Å². The van der Waals surface area contributed by atoms with Crippen molar-refractivity contribution in [3.8, 4) is 0 Å². The zero-order valence-electron chi connectivity index (χ0n) is 8.36. The smallest absolute Gasteiger partial charge is 0.211 e. The third-order valence-electron chi connectivity index (χ3n) is 2.02. The lowest BCUT2D eigenvalue weighted by Crippen LogP contribution is -1.86. The van der Waals surface area contributed by atoms with Gasteiger partial charge in [0.05, 0.1) is 12.2 Å². The minimum Gasteiger partial charge on any atom is -0.211 e. The summed E-state index contributed by atoms with van der Waals surface area (Å²) in [5.74, 6) is 0. The molecule has 0 aliphatic rings. The summed E-state index contributed by atoms with van der Waals surface area (Å²) in [5.41, 5.74) is 2.38. The average molecular weight is 202 g/mol. The predicted octanol–water partition coefficient (Wildman–Crippen LogP) is 2.05. The Labute approximate surface area is 87.4 Å². The number of aliphatic imine (C=N–C) groups is 2. The summed E-state index contributed by atoms with van der Waals surface area (Å²) in [5, 5.41) is 0. The van der Waals surface area contributed by atoms with Crippen molar-refractivity contribution in [3.63, 3.8) is 0 Å². The molecule has 76 valence electrons. The van der Waals surface area contributed by atoms with Crippen LogP contribution in [0.15, 0.2) is 28.2 Å². The molecule has 0 unspecified atom stereocenters. The molecule has 1 aromatic carbocycles. The lowest BCUT2D eigenvalue weighted by Gasteiger charge is -2.02. The molecular weight excluding hydrogens is 192 g/mol. The maximum atomic E-state index is 10.2. The average Bonchev–Trinajstić information content (AvgIpc) is 2.27. The molecule has 0 bridgehead atoms. The van der Waals surface area contributed by atoms with Crippen LogP contribution in [0, 0.1) is 0 Å². The summed E-state index contributed by atoms with van der Waals surface area (Å²) < 4.78 is 0. The van der Waals surface area contributed by atoms with Crippen molar-refractivity contribution in [1.82, 2.24) is 0 Å². The number of isocyanates is 2. The van der Waals surface area contributed by atoms with Crippen LogP contribution in [0.5, 0.6) is 0 Å². The lowest BCUT2D eigenvalue weighted by molar-refractivity contribution is 0.562. The predicted molar refractivity (Wildman–Crippen MR) is 55.4 cm³/mol. The first kappa shape index (κ1) is 11.1. The molecule has 0 N–H and O–H groups in total. The van der Waals surface area contributed by atoms with E-state index in [9.17, 15) is 9.59 Å². The van der Waals surface area contributed by atoms with Crippen LogP contribution >= 0.6 is 0 Å². The van der Waals surface area contributed by atoms with Crippen molar-refractivity contribution in [2.45, 2.75) is 19.9 Å². The first-order valence-electron chi connectivity index (χ1n) is 4.55. The molecule has 0 fully saturated rings. The van der Waals surface area contributed by atoms with E-state index in [2.05, 4.69) is 9.98 Å². The SMILES string of the molecule is CCc1ccc(CN=C=O)cc1N=C=O. The van der Waals surface area contributed by atoms with Crippen LogP contribution in [0.25, 0.3) is 0 Å². The molecule has 15 heavy (non-hydrogen) atoms. The van der Waals surface area contributed by atoms with E-state index in [1.54, 1.807) is 6.07 Å². The van der Waals surface area contributed by atoms with Gasteiger partial charge in [-0.2, -0.15) is 4.99 Å². The van der Waals surface area contributed by atoms with E-state index >= 15 is 0 Å². The highest BCUT2D eigenvalue weighted by molar-refractivity contribution is 5.55. The number of hydrogen-bond acceptors (Lipinski definition) is 4. The van der Waals surface area contributed by atoms with Gasteiger partial charge in [0, 0.05) is 0 Å². The van der Waals surface area contributed by atoms with Gasteiger partial charge in [0.2, 0.25) is 12.2 Å². The highest BCUT2D eigenvalue weighted by Crippen LogP contribution is 2.21. The highest BCUT2D eigenvalue weighted by Gasteiger charge is 2.01. The molecule has 0 aromatic heterocycles. The summed E-state index contributed by atoms with van der Waals surface area (Å²) in [7, 11) is 0. The summed E-state index contributed by atoms with van der Waals surface area (Å²) in [6, 6.07) is 5.44. The Morgan fingerprint density at radius 2 is 2.07 bits per heavy atom. The van der Waals surface area contributed by atoms with Gasteiger partial charge in [-0.3, -0.25) is 0 Å². The van der Waals surface area contributed by atoms with Crippen LogP contribution in [0.1, 0.15) is 18.1 Å². The third kappa shape index (κ3) is 2.99. The van der Waals surface area contributed by atoms with Crippen molar-refractivity contribution in [2.75, 3.05) is 0 Å². The van der Waals surface area contributed by atoms with Gasteiger partial charge < -0.3 is 0 Å². The second-order valence-electron chi connectivity index (χ2n) is 2.93. The second kappa shape index (κ2) is 5.66. The van der Waals surface area contributed by atoms with Crippen molar-refractivity contribution in [2.24, 2.45) is 9.98 Å². The summed E-state index contributed by atoms with van der Waals surface area (Å²) in [4.78, 5) is 27.2. The number of nitrogens with zero attached hydrogens (tertiary/aromatic N) is 2.